The summed E-state index contributed by atoms with van der Waals surface area (Å²) in [7, 11) is 0. The highest BCUT2D eigenvalue weighted by atomic mass is 16.1. The predicted molar refractivity (Wildman–Crippen MR) is 38.9 cm³/mol. The Balaban J connectivity index is 2.78. The number of amides is 1. The minimum atomic E-state index is -0.488. The molecule has 1 aliphatic heterocycles. The lowest BCUT2D eigenvalue weighted by atomic mass is 10.3. The van der Waals surface area contributed by atoms with Crippen LogP contribution in [0.15, 0.2) is 22.4 Å². The lowest BCUT2D eigenvalue weighted by molar-refractivity contribution is -0.112. The summed E-state index contributed by atoms with van der Waals surface area (Å²) >= 11 is 0. The van der Waals surface area contributed by atoms with Crippen molar-refractivity contribution in [2.45, 2.75) is 6.42 Å². The zero-order valence-corrected chi connectivity index (χ0v) is 5.32. The first-order chi connectivity index (χ1) is 4.80. The molecule has 0 unspecified atom stereocenters. The van der Waals surface area contributed by atoms with E-state index in [4.69, 9.17) is 5.73 Å². The average molecular weight is 137 g/mol. The van der Waals surface area contributed by atoms with Crippen molar-refractivity contribution in [2.24, 2.45) is 15.7 Å². The molecule has 52 valence electrons. The number of hydrogen-bond acceptors (Lipinski definition) is 3. The Morgan fingerprint density at radius 2 is 2.40 bits per heavy atom. The van der Waals surface area contributed by atoms with Crippen LogP contribution in [0, 0.1) is 0 Å². The van der Waals surface area contributed by atoms with E-state index in [2.05, 4.69) is 9.98 Å². The van der Waals surface area contributed by atoms with E-state index < -0.39 is 5.91 Å². The molecule has 0 aromatic heterocycles. The molecule has 2 N–H and O–H groups in total. The maximum atomic E-state index is 10.5. The molecule has 0 aromatic rings. The molecule has 0 radical (unpaired) electrons. The van der Waals surface area contributed by atoms with Crippen LogP contribution in [0.4, 0.5) is 0 Å². The van der Waals surface area contributed by atoms with E-state index >= 15 is 0 Å². The first-order valence-corrected chi connectivity index (χ1v) is 2.84. The normalized spacial score (nSPS) is 16.2. The molecule has 1 aliphatic rings. The van der Waals surface area contributed by atoms with Crippen LogP contribution in [0.1, 0.15) is 6.42 Å². The number of aliphatic imine (C=N–C) groups is 2. The molecule has 0 bridgehead atoms. The van der Waals surface area contributed by atoms with Gasteiger partial charge in [-0.15, -0.1) is 0 Å². The van der Waals surface area contributed by atoms with Gasteiger partial charge in [0.25, 0.3) is 5.91 Å². The van der Waals surface area contributed by atoms with Gasteiger partial charge in [-0.1, -0.05) is 0 Å². The highest BCUT2D eigenvalue weighted by Gasteiger charge is 2.03. The van der Waals surface area contributed by atoms with E-state index in [0.29, 0.717) is 12.1 Å². The molecular weight excluding hydrogens is 130 g/mol. The minimum Gasteiger partial charge on any atom is -0.365 e. The van der Waals surface area contributed by atoms with E-state index in [1.807, 2.05) is 0 Å². The summed E-state index contributed by atoms with van der Waals surface area (Å²) in [6.45, 7) is 0. The molecule has 0 atom stereocenters. The fourth-order valence-electron chi connectivity index (χ4n) is 0.579. The van der Waals surface area contributed by atoms with Gasteiger partial charge in [-0.2, -0.15) is 0 Å². The maximum Gasteiger partial charge on any atom is 0.263 e. The van der Waals surface area contributed by atoms with Crippen LogP contribution in [-0.4, -0.2) is 17.8 Å². The van der Waals surface area contributed by atoms with Gasteiger partial charge in [0, 0.05) is 25.0 Å². The summed E-state index contributed by atoms with van der Waals surface area (Å²) in [6.07, 6.45) is 4.97. The highest BCUT2D eigenvalue weighted by Crippen LogP contribution is 1.91. The molecule has 4 nitrogen and oxygen atoms in total. The predicted octanol–water partition coefficient (Wildman–Crippen LogP) is -0.142. The number of nitrogens with zero attached hydrogens (tertiary/aromatic N) is 2. The van der Waals surface area contributed by atoms with Crippen molar-refractivity contribution in [3.63, 3.8) is 0 Å². The van der Waals surface area contributed by atoms with Crippen LogP contribution in [0.3, 0.4) is 0 Å². The average Bonchev–Trinajstić information content (AvgIpc) is 2.12. The van der Waals surface area contributed by atoms with E-state index in [-0.39, 0.29) is 0 Å². The first kappa shape index (κ1) is 6.67. The minimum absolute atomic E-state index is 0.345. The zero-order chi connectivity index (χ0) is 7.40. The Bertz CT molecular complexity index is 227. The van der Waals surface area contributed by atoms with Crippen LogP contribution in [0.2, 0.25) is 0 Å². The van der Waals surface area contributed by atoms with Gasteiger partial charge in [0.1, 0.15) is 5.71 Å². The monoisotopic (exact) mass is 137 g/mol. The molecule has 1 heterocycles. The van der Waals surface area contributed by atoms with Gasteiger partial charge in [-0.25, -0.2) is 0 Å². The van der Waals surface area contributed by atoms with Gasteiger partial charge in [0.2, 0.25) is 0 Å². The summed E-state index contributed by atoms with van der Waals surface area (Å²) in [5.74, 6) is -0.488. The second-order valence-electron chi connectivity index (χ2n) is 1.77. The van der Waals surface area contributed by atoms with Crippen LogP contribution in [-0.2, 0) is 4.79 Å². The van der Waals surface area contributed by atoms with Crippen LogP contribution < -0.4 is 5.73 Å². The van der Waals surface area contributed by atoms with Crippen molar-refractivity contribution < 1.29 is 4.79 Å². The standard InChI is InChI=1S/C6H7N3O/c7-6(10)5-1-2-8-3-4-9-5/h2-4H,1H2,(H2,7,10). The van der Waals surface area contributed by atoms with Crippen molar-refractivity contribution in [3.05, 3.63) is 12.4 Å². The van der Waals surface area contributed by atoms with Crippen molar-refractivity contribution >= 4 is 17.8 Å². The lowest BCUT2D eigenvalue weighted by Crippen LogP contribution is -2.22. The topological polar surface area (TPSA) is 67.8 Å². The Morgan fingerprint density at radius 3 is 3.10 bits per heavy atom. The van der Waals surface area contributed by atoms with E-state index in [9.17, 15) is 4.79 Å². The van der Waals surface area contributed by atoms with Crippen LogP contribution >= 0.6 is 0 Å². The molecule has 0 saturated heterocycles. The number of hydrogen-bond donors (Lipinski definition) is 1. The summed E-state index contributed by atoms with van der Waals surface area (Å²) in [5, 5.41) is 0. The quantitative estimate of drug-likeness (QED) is 0.537. The zero-order valence-electron chi connectivity index (χ0n) is 5.32. The Labute approximate surface area is 58.2 Å². The van der Waals surface area contributed by atoms with Gasteiger partial charge >= 0.3 is 0 Å². The Hall–Kier alpha value is -1.45. The van der Waals surface area contributed by atoms with Gasteiger partial charge in [-0.3, -0.25) is 14.8 Å². The lowest BCUT2D eigenvalue weighted by Gasteiger charge is -1.91. The Morgan fingerprint density at radius 1 is 1.60 bits per heavy atom. The fraction of sp³-hybridized carbons (Fsp3) is 0.167. The molecule has 1 amide bonds. The third-order valence-corrected chi connectivity index (χ3v) is 1.06. The van der Waals surface area contributed by atoms with E-state index in [1.54, 1.807) is 6.21 Å². The number of nitrogens with two attached hydrogens (primary N) is 1. The molecule has 0 aromatic carbocycles. The van der Waals surface area contributed by atoms with Crippen molar-refractivity contribution in [2.75, 3.05) is 0 Å². The maximum absolute atomic E-state index is 10.5. The number of carbonyl (C=O) groups is 1. The smallest absolute Gasteiger partial charge is 0.263 e. The Kier molecular flexibility index (Phi) is 1.94. The summed E-state index contributed by atoms with van der Waals surface area (Å²) in [6, 6.07) is 0. The van der Waals surface area contributed by atoms with Crippen molar-refractivity contribution in [1.82, 2.24) is 0 Å². The van der Waals surface area contributed by atoms with E-state index in [1.165, 1.54) is 12.4 Å². The first-order valence-electron chi connectivity index (χ1n) is 2.84. The van der Waals surface area contributed by atoms with Gasteiger partial charge in [-0.05, 0) is 0 Å². The van der Waals surface area contributed by atoms with Crippen molar-refractivity contribution in [3.8, 4) is 0 Å². The van der Waals surface area contributed by atoms with Gasteiger partial charge < -0.3 is 5.73 Å². The fourth-order valence-corrected chi connectivity index (χ4v) is 0.579. The molecule has 0 spiro atoms. The summed E-state index contributed by atoms with van der Waals surface area (Å²) < 4.78 is 0. The third-order valence-electron chi connectivity index (χ3n) is 1.06. The molecule has 4 heteroatoms. The summed E-state index contributed by atoms with van der Waals surface area (Å²) in [4.78, 5) is 18.0. The second kappa shape index (κ2) is 2.91. The van der Waals surface area contributed by atoms with Crippen LogP contribution in [0.25, 0.3) is 0 Å². The largest absolute Gasteiger partial charge is 0.365 e. The number of carbonyl (C=O) groups excluding carboxylic acids is 1. The molecule has 0 fully saturated rings. The number of primary amides is 1. The highest BCUT2D eigenvalue weighted by molar-refractivity contribution is 6.40. The molecule has 0 saturated carbocycles. The third kappa shape index (κ3) is 1.51. The SMILES string of the molecule is NC(=O)C1=NC=CN=CC1. The van der Waals surface area contributed by atoms with Crippen LogP contribution in [0.5, 0.6) is 0 Å². The molecular formula is C6H7N3O. The molecule has 0 aliphatic carbocycles. The summed E-state index contributed by atoms with van der Waals surface area (Å²) in [5.41, 5.74) is 5.32. The van der Waals surface area contributed by atoms with E-state index in [0.717, 1.165) is 0 Å². The van der Waals surface area contributed by atoms with Gasteiger partial charge in [0.15, 0.2) is 0 Å². The van der Waals surface area contributed by atoms with Gasteiger partial charge in [0.05, 0.1) is 0 Å². The molecule has 1 rings (SSSR count). The second-order valence-corrected chi connectivity index (χ2v) is 1.77. The number of rotatable bonds is 1. The molecule has 10 heavy (non-hydrogen) atoms. The van der Waals surface area contributed by atoms with Crippen molar-refractivity contribution in [1.29, 1.82) is 0 Å².